The summed E-state index contributed by atoms with van der Waals surface area (Å²) < 4.78 is 10.7. The molecule has 1 amide bonds. The number of benzene rings is 2. The molecule has 7 nitrogen and oxygen atoms in total. The van der Waals surface area contributed by atoms with E-state index >= 15 is 0 Å². The predicted octanol–water partition coefficient (Wildman–Crippen LogP) is 2.95. The topological polar surface area (TPSA) is 90.7 Å². The fraction of sp³-hybridized carbons (Fsp3) is 0.118. The van der Waals surface area contributed by atoms with E-state index in [1.165, 1.54) is 12.1 Å². The maximum atomic E-state index is 12.2. The van der Waals surface area contributed by atoms with Crippen LogP contribution in [0.2, 0.25) is 0 Å². The SMILES string of the molecule is O=C1Nc2ccccc2/C1=C\c1cc([N+](=O)[O-])cc2c1OCOC2. The van der Waals surface area contributed by atoms with Crippen LogP contribution in [0.5, 0.6) is 5.75 Å². The number of para-hydroxylation sites is 1. The second-order valence-electron chi connectivity index (χ2n) is 5.45. The van der Waals surface area contributed by atoms with Crippen molar-refractivity contribution >= 4 is 28.9 Å². The van der Waals surface area contributed by atoms with Crippen LogP contribution in [0.1, 0.15) is 16.7 Å². The molecule has 7 heteroatoms. The normalized spacial score (nSPS) is 17.0. The van der Waals surface area contributed by atoms with Crippen LogP contribution in [0.25, 0.3) is 11.6 Å². The Morgan fingerprint density at radius 3 is 2.92 bits per heavy atom. The number of carbonyl (C=O) groups is 1. The lowest BCUT2D eigenvalue weighted by molar-refractivity contribution is -0.385. The van der Waals surface area contributed by atoms with Gasteiger partial charge in [0.25, 0.3) is 11.6 Å². The highest BCUT2D eigenvalue weighted by molar-refractivity contribution is 6.35. The molecule has 24 heavy (non-hydrogen) atoms. The van der Waals surface area contributed by atoms with Crippen LogP contribution in [-0.2, 0) is 16.1 Å². The van der Waals surface area contributed by atoms with E-state index < -0.39 is 4.92 Å². The van der Waals surface area contributed by atoms with Crippen molar-refractivity contribution in [1.82, 2.24) is 0 Å². The lowest BCUT2D eigenvalue weighted by Gasteiger charge is -2.19. The zero-order chi connectivity index (χ0) is 16.7. The molecule has 0 saturated carbocycles. The molecule has 0 aliphatic carbocycles. The number of hydrogen-bond donors (Lipinski definition) is 1. The Morgan fingerprint density at radius 1 is 1.25 bits per heavy atom. The average Bonchev–Trinajstić information content (AvgIpc) is 2.90. The molecule has 0 saturated heterocycles. The van der Waals surface area contributed by atoms with Gasteiger partial charge in [0.2, 0.25) is 0 Å². The van der Waals surface area contributed by atoms with Gasteiger partial charge in [-0.05, 0) is 12.1 Å². The quantitative estimate of drug-likeness (QED) is 0.521. The van der Waals surface area contributed by atoms with Gasteiger partial charge in [-0.15, -0.1) is 0 Å². The summed E-state index contributed by atoms with van der Waals surface area (Å²) >= 11 is 0. The molecule has 4 rings (SSSR count). The van der Waals surface area contributed by atoms with Crippen LogP contribution >= 0.6 is 0 Å². The first-order chi connectivity index (χ1) is 11.6. The van der Waals surface area contributed by atoms with Crippen LogP contribution < -0.4 is 10.1 Å². The number of carbonyl (C=O) groups excluding carboxylic acids is 1. The second-order valence-corrected chi connectivity index (χ2v) is 5.45. The van der Waals surface area contributed by atoms with Crippen LogP contribution in [-0.4, -0.2) is 17.6 Å². The van der Waals surface area contributed by atoms with Gasteiger partial charge in [0.15, 0.2) is 6.79 Å². The summed E-state index contributed by atoms with van der Waals surface area (Å²) in [7, 11) is 0. The van der Waals surface area contributed by atoms with E-state index in [9.17, 15) is 14.9 Å². The molecule has 120 valence electrons. The van der Waals surface area contributed by atoms with E-state index in [0.29, 0.717) is 22.4 Å². The molecule has 0 radical (unpaired) electrons. The number of nitrogens with zero attached hydrogens (tertiary/aromatic N) is 1. The molecule has 0 fully saturated rings. The Morgan fingerprint density at radius 2 is 2.08 bits per heavy atom. The Balaban J connectivity index is 1.89. The molecule has 0 aromatic heterocycles. The molecule has 0 atom stereocenters. The van der Waals surface area contributed by atoms with Crippen molar-refractivity contribution in [2.24, 2.45) is 0 Å². The standard InChI is InChI=1S/C17H12N2O5/c20-17-14(13-3-1-2-4-15(13)18-17)7-10-5-12(19(21)22)6-11-8-23-9-24-16(10)11/h1-7H,8-9H2,(H,18,20)/b14-7+. The highest BCUT2D eigenvalue weighted by Crippen LogP contribution is 2.38. The highest BCUT2D eigenvalue weighted by Gasteiger charge is 2.26. The van der Waals surface area contributed by atoms with Crippen molar-refractivity contribution < 1.29 is 19.2 Å². The fourth-order valence-electron chi connectivity index (χ4n) is 2.88. The first-order valence-corrected chi connectivity index (χ1v) is 7.28. The number of hydrogen-bond acceptors (Lipinski definition) is 5. The summed E-state index contributed by atoms with van der Waals surface area (Å²) in [5, 5.41) is 13.9. The first-order valence-electron chi connectivity index (χ1n) is 7.28. The zero-order valence-corrected chi connectivity index (χ0v) is 12.4. The Hall–Kier alpha value is -3.19. The van der Waals surface area contributed by atoms with E-state index in [1.54, 1.807) is 12.1 Å². The summed E-state index contributed by atoms with van der Waals surface area (Å²) in [4.78, 5) is 22.9. The Kier molecular flexibility index (Phi) is 3.28. The van der Waals surface area contributed by atoms with Crippen LogP contribution in [0.15, 0.2) is 36.4 Å². The second kappa shape index (κ2) is 5.47. The third kappa shape index (κ3) is 2.31. The summed E-state index contributed by atoms with van der Waals surface area (Å²) in [6, 6.07) is 10.1. The van der Waals surface area contributed by atoms with E-state index in [-0.39, 0.29) is 25.0 Å². The number of nitro benzene ring substituents is 1. The van der Waals surface area contributed by atoms with Gasteiger partial charge < -0.3 is 14.8 Å². The lowest BCUT2D eigenvalue weighted by atomic mass is 10.0. The highest BCUT2D eigenvalue weighted by atomic mass is 16.7. The predicted molar refractivity (Wildman–Crippen MR) is 86.3 cm³/mol. The van der Waals surface area contributed by atoms with Crippen LogP contribution in [0, 0.1) is 10.1 Å². The number of nitro groups is 1. The van der Waals surface area contributed by atoms with Gasteiger partial charge in [-0.3, -0.25) is 14.9 Å². The molecule has 2 aliphatic heterocycles. The van der Waals surface area contributed by atoms with Crippen molar-refractivity contribution in [3.05, 3.63) is 63.2 Å². The van der Waals surface area contributed by atoms with Crippen molar-refractivity contribution in [1.29, 1.82) is 0 Å². The van der Waals surface area contributed by atoms with Gasteiger partial charge in [0.1, 0.15) is 5.75 Å². The van der Waals surface area contributed by atoms with E-state index in [0.717, 1.165) is 11.3 Å². The molecule has 2 aromatic rings. The molecule has 2 aliphatic rings. The number of ether oxygens (including phenoxy) is 2. The molecule has 0 unspecified atom stereocenters. The number of nitrogens with one attached hydrogen (secondary N) is 1. The number of rotatable bonds is 2. The molecule has 2 aromatic carbocycles. The van der Waals surface area contributed by atoms with E-state index in [4.69, 9.17) is 9.47 Å². The van der Waals surface area contributed by atoms with Crippen molar-refractivity contribution in [2.75, 3.05) is 12.1 Å². The number of fused-ring (bicyclic) bond motifs is 2. The third-order valence-electron chi connectivity index (χ3n) is 3.94. The van der Waals surface area contributed by atoms with Gasteiger partial charge in [0, 0.05) is 40.1 Å². The van der Waals surface area contributed by atoms with Gasteiger partial charge in [-0.1, -0.05) is 18.2 Å². The fourth-order valence-corrected chi connectivity index (χ4v) is 2.88. The molecular formula is C17H12N2O5. The number of amides is 1. The molecule has 0 bridgehead atoms. The Bertz CT molecular complexity index is 904. The minimum atomic E-state index is -0.473. The van der Waals surface area contributed by atoms with E-state index in [2.05, 4.69) is 5.32 Å². The minimum absolute atomic E-state index is 0.0682. The van der Waals surface area contributed by atoms with Gasteiger partial charge >= 0.3 is 0 Å². The monoisotopic (exact) mass is 324 g/mol. The maximum Gasteiger partial charge on any atom is 0.270 e. The summed E-state index contributed by atoms with van der Waals surface area (Å²) in [5.74, 6) is 0.264. The first kappa shape index (κ1) is 14.4. The van der Waals surface area contributed by atoms with Crippen LogP contribution in [0.4, 0.5) is 11.4 Å². The summed E-state index contributed by atoms with van der Waals surface area (Å²) in [6.07, 6.45) is 1.62. The van der Waals surface area contributed by atoms with E-state index in [1.807, 2.05) is 18.2 Å². The summed E-state index contributed by atoms with van der Waals surface area (Å²) in [5.41, 5.74) is 2.94. The smallest absolute Gasteiger partial charge is 0.270 e. The average molecular weight is 324 g/mol. The number of non-ortho nitro benzene ring substituents is 1. The Labute approximate surface area is 136 Å². The lowest BCUT2D eigenvalue weighted by Crippen LogP contribution is -2.13. The zero-order valence-electron chi connectivity index (χ0n) is 12.4. The van der Waals surface area contributed by atoms with Crippen LogP contribution in [0.3, 0.4) is 0 Å². The minimum Gasteiger partial charge on any atom is -0.467 e. The van der Waals surface area contributed by atoms with Crippen molar-refractivity contribution in [2.45, 2.75) is 6.61 Å². The van der Waals surface area contributed by atoms with Gasteiger partial charge in [0.05, 0.1) is 11.5 Å². The molecule has 0 spiro atoms. The van der Waals surface area contributed by atoms with Crippen molar-refractivity contribution in [3.63, 3.8) is 0 Å². The third-order valence-corrected chi connectivity index (χ3v) is 3.94. The largest absolute Gasteiger partial charge is 0.467 e. The number of anilines is 1. The summed E-state index contributed by atoms with van der Waals surface area (Å²) in [6.45, 7) is 0.305. The molecule has 2 heterocycles. The maximum absolute atomic E-state index is 12.2. The molecular weight excluding hydrogens is 312 g/mol. The van der Waals surface area contributed by atoms with Gasteiger partial charge in [-0.25, -0.2) is 0 Å². The van der Waals surface area contributed by atoms with Gasteiger partial charge in [-0.2, -0.15) is 0 Å². The van der Waals surface area contributed by atoms with Crippen molar-refractivity contribution in [3.8, 4) is 5.75 Å². The molecule has 1 N–H and O–H groups in total.